The van der Waals surface area contributed by atoms with Gasteiger partial charge in [0.15, 0.2) is 0 Å². The molecule has 1 fully saturated rings. The SMILES string of the molecule is C=C/C(=C\N=C(N)CN1CCOCC1)c1cc(-c2ccccn2)c2nc(NC(=O)OCC)[nH]c2c1. The second-order valence-corrected chi connectivity index (χ2v) is 7.86. The first-order chi connectivity index (χ1) is 17.1. The van der Waals surface area contributed by atoms with Gasteiger partial charge in [0, 0.05) is 31.0 Å². The van der Waals surface area contributed by atoms with Crippen LogP contribution in [0.15, 0.2) is 60.4 Å². The third kappa shape index (κ3) is 6.11. The minimum absolute atomic E-state index is 0.262. The lowest BCUT2D eigenvalue weighted by molar-refractivity contribution is 0.0452. The predicted octanol–water partition coefficient (Wildman–Crippen LogP) is 3.41. The Morgan fingerprint density at radius 3 is 2.91 bits per heavy atom. The number of hydrogen-bond acceptors (Lipinski definition) is 7. The van der Waals surface area contributed by atoms with Crippen molar-refractivity contribution in [2.75, 3.05) is 44.8 Å². The van der Waals surface area contributed by atoms with Crippen LogP contribution in [0.3, 0.4) is 0 Å². The van der Waals surface area contributed by atoms with Crippen LogP contribution in [0.5, 0.6) is 0 Å². The van der Waals surface area contributed by atoms with Crippen molar-refractivity contribution in [1.82, 2.24) is 19.9 Å². The minimum atomic E-state index is -0.581. The van der Waals surface area contributed by atoms with Gasteiger partial charge in [-0.1, -0.05) is 18.7 Å². The molecule has 10 nitrogen and oxygen atoms in total. The number of rotatable bonds is 8. The van der Waals surface area contributed by atoms with Crippen molar-refractivity contribution in [2.24, 2.45) is 10.7 Å². The molecule has 1 aliphatic heterocycles. The van der Waals surface area contributed by atoms with Crippen LogP contribution in [0.25, 0.3) is 27.9 Å². The van der Waals surface area contributed by atoms with E-state index < -0.39 is 6.09 Å². The summed E-state index contributed by atoms with van der Waals surface area (Å²) in [7, 11) is 0. The van der Waals surface area contributed by atoms with Gasteiger partial charge in [0.1, 0.15) is 5.84 Å². The number of nitrogens with one attached hydrogen (secondary N) is 2. The van der Waals surface area contributed by atoms with Gasteiger partial charge in [-0.3, -0.25) is 15.2 Å². The summed E-state index contributed by atoms with van der Waals surface area (Å²) in [6.07, 6.45) is 4.57. The molecule has 0 saturated carbocycles. The summed E-state index contributed by atoms with van der Waals surface area (Å²) in [5, 5.41) is 2.62. The molecule has 0 bridgehead atoms. The van der Waals surface area contributed by atoms with Gasteiger partial charge >= 0.3 is 6.09 Å². The number of benzene rings is 1. The van der Waals surface area contributed by atoms with Crippen molar-refractivity contribution >= 4 is 34.5 Å². The maximum Gasteiger partial charge on any atom is 0.413 e. The average Bonchev–Trinajstić information content (AvgIpc) is 3.27. The molecule has 3 heterocycles. The lowest BCUT2D eigenvalue weighted by Crippen LogP contribution is -2.41. The molecular weight excluding hydrogens is 446 g/mol. The molecule has 1 aromatic carbocycles. The Morgan fingerprint density at radius 2 is 2.20 bits per heavy atom. The Bertz CT molecular complexity index is 1240. The molecule has 0 spiro atoms. The Labute approximate surface area is 203 Å². The van der Waals surface area contributed by atoms with E-state index in [9.17, 15) is 4.79 Å². The minimum Gasteiger partial charge on any atom is -0.450 e. The number of morpholine rings is 1. The van der Waals surface area contributed by atoms with Gasteiger partial charge in [0.25, 0.3) is 0 Å². The number of aromatic nitrogens is 3. The van der Waals surface area contributed by atoms with Crippen molar-refractivity contribution in [3.8, 4) is 11.3 Å². The zero-order chi connectivity index (χ0) is 24.6. The summed E-state index contributed by atoms with van der Waals surface area (Å²) in [6, 6.07) is 9.56. The van der Waals surface area contributed by atoms with E-state index in [4.69, 9.17) is 15.2 Å². The number of fused-ring (bicyclic) bond motifs is 1. The summed E-state index contributed by atoms with van der Waals surface area (Å²) in [4.78, 5) is 30.8. The third-order valence-electron chi connectivity index (χ3n) is 5.44. The molecule has 1 saturated heterocycles. The number of allylic oxidation sites excluding steroid dienone is 2. The van der Waals surface area contributed by atoms with Gasteiger partial charge in [-0.15, -0.1) is 0 Å². The molecule has 0 atom stereocenters. The molecule has 0 radical (unpaired) electrons. The number of amides is 1. The van der Waals surface area contributed by atoms with Gasteiger partial charge in [-0.05, 0) is 42.3 Å². The Hall–Kier alpha value is -4.02. The summed E-state index contributed by atoms with van der Waals surface area (Å²) in [5.41, 5.74) is 10.7. The molecule has 1 aliphatic rings. The van der Waals surface area contributed by atoms with Crippen LogP contribution in [0.4, 0.5) is 10.7 Å². The number of nitrogens with zero attached hydrogens (tertiary/aromatic N) is 4. The number of ether oxygens (including phenoxy) is 2. The number of aliphatic imine (C=N–C) groups is 1. The van der Waals surface area contributed by atoms with Gasteiger partial charge in [-0.25, -0.2) is 14.8 Å². The Balaban J connectivity index is 1.69. The summed E-state index contributed by atoms with van der Waals surface area (Å²) in [6.45, 7) is 9.61. The lowest BCUT2D eigenvalue weighted by Gasteiger charge is -2.25. The summed E-state index contributed by atoms with van der Waals surface area (Å²) < 4.78 is 10.3. The van der Waals surface area contributed by atoms with E-state index in [1.54, 1.807) is 25.4 Å². The van der Waals surface area contributed by atoms with Gasteiger partial charge in [0.05, 0.1) is 43.1 Å². The number of H-pyrrole nitrogens is 1. The normalized spacial score (nSPS) is 15.2. The number of amidine groups is 1. The van der Waals surface area contributed by atoms with E-state index in [0.29, 0.717) is 36.6 Å². The molecule has 0 unspecified atom stereocenters. The molecule has 2 aromatic heterocycles. The first-order valence-corrected chi connectivity index (χ1v) is 11.4. The molecule has 0 aliphatic carbocycles. The Kier molecular flexibility index (Phi) is 7.86. The van der Waals surface area contributed by atoms with Crippen molar-refractivity contribution in [2.45, 2.75) is 6.92 Å². The molecule has 1 amide bonds. The summed E-state index contributed by atoms with van der Waals surface area (Å²) in [5.74, 6) is 0.796. The average molecular weight is 476 g/mol. The second kappa shape index (κ2) is 11.4. The second-order valence-electron chi connectivity index (χ2n) is 7.86. The highest BCUT2D eigenvalue weighted by atomic mass is 16.5. The van der Waals surface area contributed by atoms with Crippen LogP contribution in [0.2, 0.25) is 0 Å². The highest BCUT2D eigenvalue weighted by molar-refractivity contribution is 5.97. The van der Waals surface area contributed by atoms with Crippen LogP contribution in [-0.4, -0.2) is 71.2 Å². The zero-order valence-corrected chi connectivity index (χ0v) is 19.7. The fourth-order valence-electron chi connectivity index (χ4n) is 3.75. The number of hydrogen-bond donors (Lipinski definition) is 3. The number of carbonyl (C=O) groups is 1. The van der Waals surface area contributed by atoms with Crippen molar-refractivity contribution in [1.29, 1.82) is 0 Å². The fourth-order valence-corrected chi connectivity index (χ4v) is 3.75. The van der Waals surface area contributed by atoms with Crippen molar-refractivity contribution in [3.05, 3.63) is 60.9 Å². The van der Waals surface area contributed by atoms with Crippen molar-refractivity contribution < 1.29 is 14.3 Å². The van der Waals surface area contributed by atoms with Gasteiger partial charge in [-0.2, -0.15) is 0 Å². The van der Waals surface area contributed by atoms with Crippen LogP contribution in [0, 0.1) is 0 Å². The van der Waals surface area contributed by atoms with E-state index in [2.05, 4.69) is 36.7 Å². The molecule has 3 aromatic rings. The largest absolute Gasteiger partial charge is 0.450 e. The highest BCUT2D eigenvalue weighted by Gasteiger charge is 2.15. The van der Waals surface area contributed by atoms with Gasteiger partial charge in [0.2, 0.25) is 5.95 Å². The van der Waals surface area contributed by atoms with E-state index in [-0.39, 0.29) is 12.6 Å². The number of pyridine rings is 1. The van der Waals surface area contributed by atoms with Crippen LogP contribution < -0.4 is 11.1 Å². The fraction of sp³-hybridized carbons (Fsp3) is 0.280. The highest BCUT2D eigenvalue weighted by Crippen LogP contribution is 2.31. The molecule has 4 rings (SSSR count). The van der Waals surface area contributed by atoms with Crippen molar-refractivity contribution in [3.63, 3.8) is 0 Å². The van der Waals surface area contributed by atoms with Gasteiger partial charge < -0.3 is 20.2 Å². The number of nitrogens with two attached hydrogens (primary N) is 1. The first kappa shape index (κ1) is 24.1. The lowest BCUT2D eigenvalue weighted by atomic mass is 10.0. The standard InChI is InChI=1S/C25H29N7O3/c1-3-17(15-28-22(26)16-32-9-11-34-12-10-32)18-13-19(20-7-5-6-8-27-20)23-21(14-18)29-24(30-23)31-25(33)35-4-2/h3,5-8,13-15H,1,4,9-12,16H2,2H3,(H2,26,28)(H2,29,30,31,33)/b17-15+. The first-order valence-electron chi connectivity index (χ1n) is 11.4. The monoisotopic (exact) mass is 475 g/mol. The number of aromatic amines is 1. The molecule has 4 N–H and O–H groups in total. The summed E-state index contributed by atoms with van der Waals surface area (Å²) >= 11 is 0. The number of carbonyl (C=O) groups excluding carboxylic acids is 1. The molecule has 182 valence electrons. The van der Waals surface area contributed by atoms with E-state index in [0.717, 1.165) is 35.5 Å². The smallest absolute Gasteiger partial charge is 0.413 e. The third-order valence-corrected chi connectivity index (χ3v) is 5.44. The predicted molar refractivity (Wildman–Crippen MR) is 137 cm³/mol. The van der Waals surface area contributed by atoms with Crippen LogP contribution in [-0.2, 0) is 9.47 Å². The molecule has 10 heteroatoms. The number of anilines is 1. The molecular formula is C25H29N7O3. The van der Waals surface area contributed by atoms with E-state index >= 15 is 0 Å². The maximum absolute atomic E-state index is 11.9. The van der Waals surface area contributed by atoms with E-state index in [1.807, 2.05) is 30.3 Å². The zero-order valence-electron chi connectivity index (χ0n) is 19.7. The van der Waals surface area contributed by atoms with Crippen LogP contribution >= 0.6 is 0 Å². The quantitative estimate of drug-likeness (QED) is 0.258. The maximum atomic E-state index is 11.9. The molecule has 35 heavy (non-hydrogen) atoms. The van der Waals surface area contributed by atoms with Crippen LogP contribution in [0.1, 0.15) is 12.5 Å². The van der Waals surface area contributed by atoms with E-state index in [1.165, 1.54) is 0 Å². The topological polar surface area (TPSA) is 131 Å². The Morgan fingerprint density at radius 1 is 1.37 bits per heavy atom. The number of imidazole rings is 1.